The lowest BCUT2D eigenvalue weighted by Gasteiger charge is -2.24. The van der Waals surface area contributed by atoms with Crippen LogP contribution < -0.4 is 11.1 Å². The highest BCUT2D eigenvalue weighted by Gasteiger charge is 2.27. The van der Waals surface area contributed by atoms with Crippen molar-refractivity contribution in [3.05, 3.63) is 36.5 Å². The average molecular weight is 701 g/mol. The first kappa shape index (κ1) is 46.7. The van der Waals surface area contributed by atoms with E-state index in [2.05, 4.69) is 43.5 Å². The molecule has 282 valence electrons. The lowest BCUT2D eigenvalue weighted by Crippen LogP contribution is -2.46. The molecule has 0 aliphatic heterocycles. The Hall–Kier alpha value is -1.32. The second-order valence-electron chi connectivity index (χ2n) is 13.0. The van der Waals surface area contributed by atoms with Gasteiger partial charge in [-0.1, -0.05) is 140 Å². The van der Waals surface area contributed by atoms with Crippen molar-refractivity contribution in [3.63, 3.8) is 0 Å². The van der Waals surface area contributed by atoms with Crippen LogP contribution in [0, 0.1) is 0 Å². The van der Waals surface area contributed by atoms with Crippen molar-refractivity contribution < 1.29 is 33.5 Å². The SMILES string of the molecule is CCCC/C=C/CC/C=C/C(O)C(COP(=O)(O)OCCN)NC(=O)CC(O)CCCCCCC/C=C\CCCCCCCCCCC. The van der Waals surface area contributed by atoms with E-state index in [1.54, 1.807) is 12.2 Å². The van der Waals surface area contributed by atoms with Gasteiger partial charge in [-0.2, -0.15) is 0 Å². The van der Waals surface area contributed by atoms with Gasteiger partial charge < -0.3 is 26.2 Å². The highest BCUT2D eigenvalue weighted by Crippen LogP contribution is 2.43. The Bertz CT molecular complexity index is 868. The number of carbonyl (C=O) groups is 1. The maximum atomic E-state index is 12.7. The fraction of sp³-hybridized carbons (Fsp3) is 0.816. The third-order valence-electron chi connectivity index (χ3n) is 8.24. The number of phosphoric ester groups is 1. The van der Waals surface area contributed by atoms with E-state index in [4.69, 9.17) is 14.8 Å². The van der Waals surface area contributed by atoms with E-state index >= 15 is 0 Å². The summed E-state index contributed by atoms with van der Waals surface area (Å²) in [4.78, 5) is 22.6. The highest BCUT2D eigenvalue weighted by molar-refractivity contribution is 7.47. The first-order valence-corrected chi connectivity index (χ1v) is 20.7. The summed E-state index contributed by atoms with van der Waals surface area (Å²) in [6.07, 6.45) is 35.4. The van der Waals surface area contributed by atoms with Gasteiger partial charge in [0.1, 0.15) is 0 Å². The quantitative estimate of drug-likeness (QED) is 0.0250. The van der Waals surface area contributed by atoms with E-state index in [0.717, 1.165) is 57.8 Å². The van der Waals surface area contributed by atoms with E-state index in [-0.39, 0.29) is 19.6 Å². The summed E-state index contributed by atoms with van der Waals surface area (Å²) in [5.41, 5.74) is 5.33. The first-order chi connectivity index (χ1) is 23.3. The summed E-state index contributed by atoms with van der Waals surface area (Å²) in [6.45, 7) is 3.84. The van der Waals surface area contributed by atoms with Crippen molar-refractivity contribution in [1.82, 2.24) is 5.32 Å². The Balaban J connectivity index is 4.29. The number of unbranched alkanes of at least 4 members (excludes halogenated alkanes) is 17. The highest BCUT2D eigenvalue weighted by atomic mass is 31.2. The maximum absolute atomic E-state index is 12.7. The Morgan fingerprint density at radius 3 is 1.79 bits per heavy atom. The van der Waals surface area contributed by atoms with E-state index < -0.39 is 38.6 Å². The fourth-order valence-electron chi connectivity index (χ4n) is 5.29. The van der Waals surface area contributed by atoms with Crippen LogP contribution in [-0.2, 0) is 18.4 Å². The molecule has 0 aliphatic rings. The lowest BCUT2D eigenvalue weighted by atomic mass is 10.0. The number of hydrogen-bond acceptors (Lipinski definition) is 7. The molecular weight excluding hydrogens is 627 g/mol. The molecule has 0 spiro atoms. The Labute approximate surface area is 293 Å². The number of phosphoric acid groups is 1. The number of amides is 1. The summed E-state index contributed by atoms with van der Waals surface area (Å²) in [5, 5.41) is 23.8. The molecule has 0 rings (SSSR count). The second kappa shape index (κ2) is 34.1. The molecule has 0 aromatic rings. The molecule has 10 heteroatoms. The van der Waals surface area contributed by atoms with Gasteiger partial charge in [-0.05, 0) is 51.4 Å². The molecule has 0 aliphatic carbocycles. The number of nitrogens with one attached hydrogen (secondary N) is 1. The zero-order chi connectivity index (χ0) is 35.6. The molecule has 4 unspecified atom stereocenters. The minimum absolute atomic E-state index is 0.0427. The van der Waals surface area contributed by atoms with Crippen LogP contribution in [0.4, 0.5) is 0 Å². The lowest BCUT2D eigenvalue weighted by molar-refractivity contribution is -0.124. The largest absolute Gasteiger partial charge is 0.472 e. The van der Waals surface area contributed by atoms with Crippen molar-refractivity contribution in [3.8, 4) is 0 Å². The van der Waals surface area contributed by atoms with E-state index in [9.17, 15) is 24.5 Å². The van der Waals surface area contributed by atoms with Crippen molar-refractivity contribution in [2.75, 3.05) is 19.8 Å². The van der Waals surface area contributed by atoms with Crippen LogP contribution in [0.3, 0.4) is 0 Å². The second-order valence-corrected chi connectivity index (χ2v) is 14.4. The zero-order valence-corrected chi connectivity index (χ0v) is 31.5. The molecule has 0 radical (unpaired) electrons. The third kappa shape index (κ3) is 31.9. The van der Waals surface area contributed by atoms with Crippen LogP contribution in [0.2, 0.25) is 0 Å². The first-order valence-electron chi connectivity index (χ1n) is 19.2. The van der Waals surface area contributed by atoms with Gasteiger partial charge in [-0.3, -0.25) is 13.8 Å². The number of nitrogens with two attached hydrogens (primary N) is 1. The molecule has 1 amide bonds. The van der Waals surface area contributed by atoms with Gasteiger partial charge in [0.15, 0.2) is 0 Å². The van der Waals surface area contributed by atoms with Gasteiger partial charge in [-0.25, -0.2) is 4.57 Å². The number of rotatable bonds is 35. The molecule has 0 bridgehead atoms. The number of hydrogen-bond donors (Lipinski definition) is 5. The predicted octanol–water partition coefficient (Wildman–Crippen LogP) is 8.97. The average Bonchev–Trinajstić information content (AvgIpc) is 3.06. The van der Waals surface area contributed by atoms with E-state index in [1.807, 2.05) is 0 Å². The number of aliphatic hydroxyl groups excluding tert-OH is 2. The molecule has 0 aromatic heterocycles. The minimum Gasteiger partial charge on any atom is -0.393 e. The summed E-state index contributed by atoms with van der Waals surface area (Å²) in [6, 6.07) is -0.998. The molecule has 0 saturated carbocycles. The van der Waals surface area contributed by atoms with Crippen molar-refractivity contribution in [2.24, 2.45) is 5.73 Å². The topological polar surface area (TPSA) is 151 Å². The van der Waals surface area contributed by atoms with Crippen molar-refractivity contribution in [2.45, 2.75) is 180 Å². The fourth-order valence-corrected chi connectivity index (χ4v) is 6.05. The molecule has 0 aromatic carbocycles. The van der Waals surface area contributed by atoms with Gasteiger partial charge >= 0.3 is 7.82 Å². The monoisotopic (exact) mass is 701 g/mol. The van der Waals surface area contributed by atoms with Crippen LogP contribution >= 0.6 is 7.82 Å². The molecule has 6 N–H and O–H groups in total. The van der Waals surface area contributed by atoms with Crippen LogP contribution in [-0.4, -0.2) is 59.0 Å². The van der Waals surface area contributed by atoms with Gasteiger partial charge in [0, 0.05) is 6.54 Å². The van der Waals surface area contributed by atoms with E-state index in [0.29, 0.717) is 12.8 Å². The summed E-state index contributed by atoms with van der Waals surface area (Å²) >= 11 is 0. The molecule has 48 heavy (non-hydrogen) atoms. The van der Waals surface area contributed by atoms with Crippen LogP contribution in [0.1, 0.15) is 162 Å². The number of allylic oxidation sites excluding steroid dienone is 5. The van der Waals surface area contributed by atoms with Gasteiger partial charge in [0.2, 0.25) is 5.91 Å². The minimum atomic E-state index is -4.40. The predicted molar refractivity (Wildman–Crippen MR) is 200 cm³/mol. The van der Waals surface area contributed by atoms with Crippen molar-refractivity contribution >= 4 is 13.7 Å². The zero-order valence-electron chi connectivity index (χ0n) is 30.6. The van der Waals surface area contributed by atoms with Crippen LogP contribution in [0.15, 0.2) is 36.5 Å². The molecular formula is C38H73N2O7P. The number of carbonyl (C=O) groups excluding carboxylic acids is 1. The molecule has 0 saturated heterocycles. The molecule has 0 fully saturated rings. The molecule has 0 heterocycles. The van der Waals surface area contributed by atoms with E-state index in [1.165, 1.54) is 70.6 Å². The summed E-state index contributed by atoms with van der Waals surface area (Å²) in [7, 11) is -4.40. The Kier molecular flexibility index (Phi) is 33.2. The van der Waals surface area contributed by atoms with Crippen molar-refractivity contribution in [1.29, 1.82) is 0 Å². The third-order valence-corrected chi connectivity index (χ3v) is 9.23. The molecule has 4 atom stereocenters. The van der Waals surface area contributed by atoms with Gasteiger partial charge in [0.25, 0.3) is 0 Å². The number of aliphatic hydroxyl groups is 2. The normalized spacial score (nSPS) is 15.4. The maximum Gasteiger partial charge on any atom is 0.472 e. The van der Waals surface area contributed by atoms with Gasteiger partial charge in [-0.15, -0.1) is 0 Å². The summed E-state index contributed by atoms with van der Waals surface area (Å²) in [5.74, 6) is -0.466. The van der Waals surface area contributed by atoms with Gasteiger partial charge in [0.05, 0.1) is 37.9 Å². The molecule has 9 nitrogen and oxygen atoms in total. The Morgan fingerprint density at radius 1 is 0.708 bits per heavy atom. The standard InChI is InChI=1S/C38H73N2O7P/c1-3-5-7-9-11-13-14-15-16-17-18-19-20-21-22-23-25-27-29-35(41)33-38(43)40-36(34-47-48(44,45)46-32-31-39)37(42)30-28-26-24-12-10-8-6-4-2/h10,12,18-19,28,30,35-37,41-42H,3-9,11,13-17,20-27,29,31-34,39H2,1-2H3,(H,40,43)(H,44,45)/b12-10+,19-18-,30-28+. The summed E-state index contributed by atoms with van der Waals surface area (Å²) < 4.78 is 21.9. The van der Waals surface area contributed by atoms with Crippen LogP contribution in [0.5, 0.6) is 0 Å². The Morgan fingerprint density at radius 2 is 1.21 bits per heavy atom. The van der Waals surface area contributed by atoms with Crippen LogP contribution in [0.25, 0.3) is 0 Å². The smallest absolute Gasteiger partial charge is 0.393 e.